The Bertz CT molecular complexity index is 430. The van der Waals surface area contributed by atoms with Crippen LogP contribution in [0.5, 0.6) is 0 Å². The molecule has 0 aromatic heterocycles. The lowest BCUT2D eigenvalue weighted by molar-refractivity contribution is 0.0784. The lowest BCUT2D eigenvalue weighted by atomic mass is 10.1. The van der Waals surface area contributed by atoms with Gasteiger partial charge in [-0.15, -0.1) is 0 Å². The summed E-state index contributed by atoms with van der Waals surface area (Å²) in [4.78, 5) is 14.1. The first kappa shape index (κ1) is 13.4. The van der Waals surface area contributed by atoms with Crippen molar-refractivity contribution in [2.45, 2.75) is 12.8 Å². The summed E-state index contributed by atoms with van der Waals surface area (Å²) in [6.45, 7) is 1.68. The number of anilines is 1. The molecule has 1 saturated heterocycles. The van der Waals surface area contributed by atoms with Crippen LogP contribution in [0.15, 0.2) is 22.7 Å². The van der Waals surface area contributed by atoms with Gasteiger partial charge in [0.2, 0.25) is 0 Å². The minimum atomic E-state index is 0.0171. The molecule has 0 saturated carbocycles. The molecular formula is C13H17BrN2O2. The van der Waals surface area contributed by atoms with Gasteiger partial charge in [0.25, 0.3) is 5.91 Å². The van der Waals surface area contributed by atoms with E-state index >= 15 is 0 Å². The van der Waals surface area contributed by atoms with Crippen molar-refractivity contribution in [2.24, 2.45) is 5.92 Å². The number of nitrogen functional groups attached to an aromatic ring is 1. The molecule has 0 aliphatic carbocycles. The molecule has 1 aliphatic rings. The van der Waals surface area contributed by atoms with E-state index < -0.39 is 0 Å². The van der Waals surface area contributed by atoms with E-state index in [0.29, 0.717) is 17.2 Å². The van der Waals surface area contributed by atoms with Crippen molar-refractivity contribution >= 4 is 27.5 Å². The third kappa shape index (κ3) is 3.03. The molecule has 1 aromatic rings. The standard InChI is InChI=1S/C13H17BrN2O2/c14-11-5-10(6-12(15)7-11)13(18)16-3-1-9(8-16)2-4-17/h5-7,9,17H,1-4,8,15H2. The fourth-order valence-electron chi connectivity index (χ4n) is 2.35. The highest BCUT2D eigenvalue weighted by Gasteiger charge is 2.26. The molecule has 5 heteroatoms. The fourth-order valence-corrected chi connectivity index (χ4v) is 2.86. The summed E-state index contributed by atoms with van der Waals surface area (Å²) in [6.07, 6.45) is 1.74. The van der Waals surface area contributed by atoms with Crippen LogP contribution < -0.4 is 5.73 Å². The van der Waals surface area contributed by atoms with E-state index in [9.17, 15) is 4.79 Å². The van der Waals surface area contributed by atoms with Crippen LogP contribution in [0.3, 0.4) is 0 Å². The summed E-state index contributed by atoms with van der Waals surface area (Å²) in [5, 5.41) is 8.92. The zero-order valence-electron chi connectivity index (χ0n) is 10.1. The molecule has 2 rings (SSSR count). The van der Waals surface area contributed by atoms with Gasteiger partial charge in [0, 0.05) is 35.4 Å². The predicted molar refractivity (Wildman–Crippen MR) is 74.3 cm³/mol. The van der Waals surface area contributed by atoms with Crippen LogP contribution in [0, 0.1) is 5.92 Å². The number of halogens is 1. The van der Waals surface area contributed by atoms with Crippen LogP contribution in [0.25, 0.3) is 0 Å². The summed E-state index contributed by atoms with van der Waals surface area (Å²) in [5.74, 6) is 0.437. The molecule has 3 N–H and O–H groups in total. The molecule has 1 heterocycles. The minimum Gasteiger partial charge on any atom is -0.399 e. The molecule has 98 valence electrons. The molecular weight excluding hydrogens is 296 g/mol. The zero-order valence-corrected chi connectivity index (χ0v) is 11.7. The number of hydrogen-bond donors (Lipinski definition) is 2. The Hall–Kier alpha value is -1.07. The average Bonchev–Trinajstić information content (AvgIpc) is 2.76. The maximum Gasteiger partial charge on any atom is 0.253 e. The molecule has 1 amide bonds. The summed E-state index contributed by atoms with van der Waals surface area (Å²) in [6, 6.07) is 5.26. The van der Waals surface area contributed by atoms with Gasteiger partial charge in [-0.3, -0.25) is 4.79 Å². The summed E-state index contributed by atoms with van der Waals surface area (Å²) < 4.78 is 0.817. The number of aliphatic hydroxyl groups is 1. The lowest BCUT2D eigenvalue weighted by Crippen LogP contribution is -2.28. The van der Waals surface area contributed by atoms with Gasteiger partial charge in [0.15, 0.2) is 0 Å². The van der Waals surface area contributed by atoms with E-state index in [2.05, 4.69) is 15.9 Å². The SMILES string of the molecule is Nc1cc(Br)cc(C(=O)N2CCC(CCO)C2)c1. The number of amides is 1. The van der Waals surface area contributed by atoms with Crippen LogP contribution in [0.2, 0.25) is 0 Å². The number of nitrogens with two attached hydrogens (primary N) is 1. The van der Waals surface area contributed by atoms with Crippen LogP contribution in [-0.4, -0.2) is 35.6 Å². The second-order valence-corrected chi connectivity index (χ2v) is 5.61. The van der Waals surface area contributed by atoms with Crippen LogP contribution in [0.1, 0.15) is 23.2 Å². The second-order valence-electron chi connectivity index (χ2n) is 4.69. The van der Waals surface area contributed by atoms with Gasteiger partial charge in [-0.2, -0.15) is 0 Å². The Balaban J connectivity index is 2.08. The van der Waals surface area contributed by atoms with Crippen LogP contribution >= 0.6 is 15.9 Å². The number of carbonyl (C=O) groups excluding carboxylic acids is 1. The Morgan fingerprint density at radius 1 is 1.50 bits per heavy atom. The molecule has 1 aliphatic heterocycles. The number of carbonyl (C=O) groups is 1. The smallest absolute Gasteiger partial charge is 0.253 e. The van der Waals surface area contributed by atoms with E-state index in [1.54, 1.807) is 18.2 Å². The van der Waals surface area contributed by atoms with Gasteiger partial charge >= 0.3 is 0 Å². The minimum absolute atomic E-state index is 0.0171. The maximum absolute atomic E-state index is 12.3. The van der Waals surface area contributed by atoms with Crippen molar-refractivity contribution in [3.05, 3.63) is 28.2 Å². The molecule has 18 heavy (non-hydrogen) atoms. The highest BCUT2D eigenvalue weighted by molar-refractivity contribution is 9.10. The largest absolute Gasteiger partial charge is 0.399 e. The zero-order chi connectivity index (χ0) is 13.1. The number of likely N-dealkylation sites (tertiary alicyclic amines) is 1. The first-order valence-electron chi connectivity index (χ1n) is 6.06. The van der Waals surface area contributed by atoms with E-state index in [1.165, 1.54) is 0 Å². The maximum atomic E-state index is 12.3. The molecule has 0 bridgehead atoms. The summed E-state index contributed by atoms with van der Waals surface area (Å²) >= 11 is 3.34. The second kappa shape index (κ2) is 5.71. The number of nitrogens with zero attached hydrogens (tertiary/aromatic N) is 1. The van der Waals surface area contributed by atoms with E-state index in [4.69, 9.17) is 10.8 Å². The Labute approximate surface area is 115 Å². The quantitative estimate of drug-likeness (QED) is 0.837. The average molecular weight is 313 g/mol. The van der Waals surface area contributed by atoms with Gasteiger partial charge in [0.1, 0.15) is 0 Å². The summed E-state index contributed by atoms with van der Waals surface area (Å²) in [7, 11) is 0. The van der Waals surface area contributed by atoms with Gasteiger partial charge in [-0.25, -0.2) is 0 Å². The molecule has 0 radical (unpaired) electrons. The van der Waals surface area contributed by atoms with Crippen molar-refractivity contribution in [1.29, 1.82) is 0 Å². The number of benzene rings is 1. The van der Waals surface area contributed by atoms with Gasteiger partial charge < -0.3 is 15.7 Å². The number of rotatable bonds is 3. The Morgan fingerprint density at radius 2 is 2.28 bits per heavy atom. The molecule has 1 fully saturated rings. The van der Waals surface area contributed by atoms with Crippen molar-refractivity contribution in [1.82, 2.24) is 4.90 Å². The van der Waals surface area contributed by atoms with E-state index in [0.717, 1.165) is 30.4 Å². The first-order valence-corrected chi connectivity index (χ1v) is 6.85. The molecule has 4 nitrogen and oxygen atoms in total. The molecule has 1 aromatic carbocycles. The Kier molecular flexibility index (Phi) is 4.24. The van der Waals surface area contributed by atoms with Crippen molar-refractivity contribution < 1.29 is 9.90 Å². The number of aliphatic hydroxyl groups excluding tert-OH is 1. The van der Waals surface area contributed by atoms with Crippen molar-refractivity contribution in [3.63, 3.8) is 0 Å². The van der Waals surface area contributed by atoms with Crippen LogP contribution in [0.4, 0.5) is 5.69 Å². The summed E-state index contributed by atoms with van der Waals surface area (Å²) in [5.41, 5.74) is 6.94. The van der Waals surface area contributed by atoms with Crippen molar-refractivity contribution in [3.8, 4) is 0 Å². The lowest BCUT2D eigenvalue weighted by Gasteiger charge is -2.17. The topological polar surface area (TPSA) is 66.6 Å². The first-order chi connectivity index (χ1) is 8.60. The highest BCUT2D eigenvalue weighted by Crippen LogP contribution is 2.23. The highest BCUT2D eigenvalue weighted by atomic mass is 79.9. The predicted octanol–water partition coefficient (Wildman–Crippen LogP) is 1.88. The monoisotopic (exact) mass is 312 g/mol. The molecule has 1 unspecified atom stereocenters. The van der Waals surface area contributed by atoms with Gasteiger partial charge in [-0.1, -0.05) is 15.9 Å². The third-order valence-corrected chi connectivity index (χ3v) is 3.74. The van der Waals surface area contributed by atoms with Gasteiger partial charge in [0.05, 0.1) is 0 Å². The fraction of sp³-hybridized carbons (Fsp3) is 0.462. The van der Waals surface area contributed by atoms with Gasteiger partial charge in [-0.05, 0) is 37.0 Å². The Morgan fingerprint density at radius 3 is 2.94 bits per heavy atom. The van der Waals surface area contributed by atoms with Crippen LogP contribution in [-0.2, 0) is 0 Å². The number of hydrogen-bond acceptors (Lipinski definition) is 3. The van der Waals surface area contributed by atoms with E-state index in [1.807, 2.05) is 4.90 Å². The normalized spacial score (nSPS) is 19.2. The van der Waals surface area contributed by atoms with E-state index in [-0.39, 0.29) is 12.5 Å². The molecule has 1 atom stereocenters. The van der Waals surface area contributed by atoms with Crippen molar-refractivity contribution in [2.75, 3.05) is 25.4 Å². The molecule has 0 spiro atoms. The third-order valence-electron chi connectivity index (χ3n) is 3.28.